The molecule has 0 aliphatic heterocycles. The number of nitrogens with zero attached hydrogens (tertiary/aromatic N) is 2. The van der Waals surface area contributed by atoms with E-state index in [9.17, 15) is 13.2 Å². The summed E-state index contributed by atoms with van der Waals surface area (Å²) in [6.07, 6.45) is -4.75. The van der Waals surface area contributed by atoms with E-state index in [1.807, 2.05) is 6.92 Å². The second-order valence-corrected chi connectivity index (χ2v) is 5.40. The molecule has 0 saturated carbocycles. The summed E-state index contributed by atoms with van der Waals surface area (Å²) in [5, 5.41) is 8.64. The molecule has 0 amide bonds. The van der Waals surface area contributed by atoms with Gasteiger partial charge in [0.2, 0.25) is 11.7 Å². The van der Waals surface area contributed by atoms with Gasteiger partial charge in [-0.25, -0.2) is 0 Å². The van der Waals surface area contributed by atoms with Gasteiger partial charge >= 0.3 is 6.36 Å². The van der Waals surface area contributed by atoms with Crippen LogP contribution in [0.25, 0.3) is 0 Å². The number of alkyl halides is 3. The highest BCUT2D eigenvalue weighted by Gasteiger charge is 2.30. The van der Waals surface area contributed by atoms with E-state index < -0.39 is 6.36 Å². The van der Waals surface area contributed by atoms with Gasteiger partial charge in [0.1, 0.15) is 5.75 Å². The zero-order chi connectivity index (χ0) is 20.0. The lowest BCUT2D eigenvalue weighted by molar-refractivity contribution is -0.274. The van der Waals surface area contributed by atoms with Gasteiger partial charge < -0.3 is 31.2 Å². The summed E-state index contributed by atoms with van der Waals surface area (Å²) in [5.41, 5.74) is 6.27. The number of rotatable bonds is 6. The van der Waals surface area contributed by atoms with Gasteiger partial charge in [0.05, 0.1) is 7.11 Å². The fourth-order valence-electron chi connectivity index (χ4n) is 2.02. The van der Waals surface area contributed by atoms with Gasteiger partial charge in [0, 0.05) is 12.2 Å². The van der Waals surface area contributed by atoms with E-state index in [-0.39, 0.29) is 22.6 Å². The van der Waals surface area contributed by atoms with Crippen molar-refractivity contribution < 1.29 is 22.6 Å². The van der Waals surface area contributed by atoms with Crippen LogP contribution in [0, 0.1) is 0 Å². The van der Waals surface area contributed by atoms with Crippen molar-refractivity contribution in [1.82, 2.24) is 9.97 Å². The minimum atomic E-state index is -4.75. The Kier molecular flexibility index (Phi) is 6.45. The van der Waals surface area contributed by atoms with Crippen LogP contribution in [-0.4, -0.2) is 35.1 Å². The minimum absolute atomic E-state index is 0.113. The van der Waals surface area contributed by atoms with Crippen molar-refractivity contribution in [3.63, 3.8) is 0 Å². The molecule has 8 nitrogen and oxygen atoms in total. The standard InChI is InChI=1S/C15H17F3N6O2S/c1-3-20-12-10(25-2)11(19)22-13(23-12)24-14(27)21-8-4-6-9(7-5-8)26-15(16,17)18/h4-7H,3H2,1-2H3,(H5,19,20,21,22,23,24,27). The van der Waals surface area contributed by atoms with Crippen LogP contribution >= 0.6 is 12.2 Å². The number of nitrogens with one attached hydrogen (secondary N) is 3. The highest BCUT2D eigenvalue weighted by Crippen LogP contribution is 2.29. The number of thiocarbonyl (C=S) groups is 1. The number of aromatic nitrogens is 2. The van der Waals surface area contributed by atoms with Crippen molar-refractivity contribution in [3.8, 4) is 11.5 Å². The second kappa shape index (κ2) is 8.58. The van der Waals surface area contributed by atoms with E-state index in [2.05, 4.69) is 30.7 Å². The minimum Gasteiger partial charge on any atom is -0.490 e. The molecule has 0 aliphatic rings. The third kappa shape index (κ3) is 6.02. The SMILES string of the molecule is CCNc1nc(NC(=S)Nc2ccc(OC(F)(F)F)cc2)nc(N)c1OC. The van der Waals surface area contributed by atoms with Crippen LogP contribution in [0.3, 0.4) is 0 Å². The molecule has 12 heteroatoms. The average molecular weight is 402 g/mol. The number of ether oxygens (including phenoxy) is 2. The fraction of sp³-hybridized carbons (Fsp3) is 0.267. The molecule has 0 radical (unpaired) electrons. The maximum absolute atomic E-state index is 12.2. The number of benzene rings is 1. The Bertz CT molecular complexity index is 801. The first kappa shape index (κ1) is 20.3. The van der Waals surface area contributed by atoms with Gasteiger partial charge in [-0.3, -0.25) is 0 Å². The molecule has 0 fully saturated rings. The van der Waals surface area contributed by atoms with Crippen molar-refractivity contribution in [2.45, 2.75) is 13.3 Å². The Morgan fingerprint density at radius 2 is 1.85 bits per heavy atom. The molecule has 0 spiro atoms. The van der Waals surface area contributed by atoms with Crippen LogP contribution in [0.4, 0.5) is 36.4 Å². The van der Waals surface area contributed by atoms with Gasteiger partial charge in [-0.15, -0.1) is 13.2 Å². The molecule has 0 atom stereocenters. The van der Waals surface area contributed by atoms with Crippen LogP contribution in [0.2, 0.25) is 0 Å². The lowest BCUT2D eigenvalue weighted by Gasteiger charge is -2.14. The van der Waals surface area contributed by atoms with Gasteiger partial charge in [-0.1, -0.05) is 0 Å². The predicted molar refractivity (Wildman–Crippen MR) is 100 cm³/mol. The molecule has 0 bridgehead atoms. The first-order valence-electron chi connectivity index (χ1n) is 7.61. The summed E-state index contributed by atoms with van der Waals surface area (Å²) in [4.78, 5) is 8.26. The van der Waals surface area contributed by atoms with Crippen LogP contribution in [0.1, 0.15) is 6.92 Å². The molecule has 2 aromatic rings. The number of nitrogens with two attached hydrogens (primary N) is 1. The zero-order valence-corrected chi connectivity index (χ0v) is 15.2. The summed E-state index contributed by atoms with van der Waals surface area (Å²) in [7, 11) is 1.45. The predicted octanol–water partition coefficient (Wildman–Crippen LogP) is 3.21. The van der Waals surface area contributed by atoms with E-state index in [0.717, 1.165) is 12.1 Å². The van der Waals surface area contributed by atoms with E-state index in [0.29, 0.717) is 23.8 Å². The van der Waals surface area contributed by atoms with Crippen LogP contribution in [0.15, 0.2) is 24.3 Å². The molecule has 0 aliphatic carbocycles. The average Bonchev–Trinajstić information content (AvgIpc) is 2.55. The first-order chi connectivity index (χ1) is 12.7. The van der Waals surface area contributed by atoms with Crippen LogP contribution in [0.5, 0.6) is 11.5 Å². The van der Waals surface area contributed by atoms with Gasteiger partial charge in [-0.05, 0) is 43.4 Å². The summed E-state index contributed by atoms with van der Waals surface area (Å²) < 4.78 is 45.4. The summed E-state index contributed by atoms with van der Waals surface area (Å²) in [5.74, 6) is 0.600. The lowest BCUT2D eigenvalue weighted by Crippen LogP contribution is -2.21. The van der Waals surface area contributed by atoms with Gasteiger partial charge in [-0.2, -0.15) is 9.97 Å². The van der Waals surface area contributed by atoms with Crippen molar-refractivity contribution in [2.24, 2.45) is 0 Å². The number of halogens is 3. The molecule has 1 aromatic heterocycles. The van der Waals surface area contributed by atoms with Gasteiger partial charge in [0.15, 0.2) is 16.7 Å². The fourth-order valence-corrected chi connectivity index (χ4v) is 2.23. The van der Waals surface area contributed by atoms with Crippen molar-refractivity contribution in [2.75, 3.05) is 35.3 Å². The van der Waals surface area contributed by atoms with Crippen LogP contribution < -0.4 is 31.2 Å². The lowest BCUT2D eigenvalue weighted by atomic mass is 10.3. The third-order valence-corrected chi connectivity index (χ3v) is 3.22. The Balaban J connectivity index is 2.05. The highest BCUT2D eigenvalue weighted by atomic mass is 32.1. The Hall–Kier alpha value is -3.02. The summed E-state index contributed by atoms with van der Waals surface area (Å²) in [6, 6.07) is 5.07. The second-order valence-electron chi connectivity index (χ2n) is 5.00. The Morgan fingerprint density at radius 1 is 1.19 bits per heavy atom. The largest absolute Gasteiger partial charge is 0.573 e. The molecule has 1 aromatic carbocycles. The molecule has 146 valence electrons. The quantitative estimate of drug-likeness (QED) is 0.542. The number of methoxy groups -OCH3 is 1. The maximum Gasteiger partial charge on any atom is 0.573 e. The Labute approximate surface area is 158 Å². The molecule has 1 heterocycles. The smallest absolute Gasteiger partial charge is 0.490 e. The van der Waals surface area contributed by atoms with Crippen molar-refractivity contribution in [1.29, 1.82) is 0 Å². The van der Waals surface area contributed by atoms with E-state index in [1.165, 1.54) is 19.2 Å². The van der Waals surface area contributed by atoms with Crippen LogP contribution in [-0.2, 0) is 0 Å². The van der Waals surface area contributed by atoms with Crippen molar-refractivity contribution >= 4 is 40.6 Å². The maximum atomic E-state index is 12.2. The first-order valence-corrected chi connectivity index (χ1v) is 8.02. The number of hydrogen-bond donors (Lipinski definition) is 4. The molecular formula is C15H17F3N6O2S. The third-order valence-electron chi connectivity index (χ3n) is 3.01. The normalized spacial score (nSPS) is 10.9. The monoisotopic (exact) mass is 402 g/mol. The summed E-state index contributed by atoms with van der Waals surface area (Å²) in [6.45, 7) is 2.46. The summed E-state index contributed by atoms with van der Waals surface area (Å²) >= 11 is 5.14. The Morgan fingerprint density at radius 3 is 2.41 bits per heavy atom. The molecule has 0 saturated heterocycles. The number of hydrogen-bond acceptors (Lipinski definition) is 7. The molecule has 0 unspecified atom stereocenters. The van der Waals surface area contributed by atoms with Crippen molar-refractivity contribution in [3.05, 3.63) is 24.3 Å². The molecule has 5 N–H and O–H groups in total. The topological polar surface area (TPSA) is 106 Å². The number of anilines is 4. The van der Waals surface area contributed by atoms with E-state index in [4.69, 9.17) is 22.7 Å². The molecule has 27 heavy (non-hydrogen) atoms. The molecule has 2 rings (SSSR count). The highest BCUT2D eigenvalue weighted by molar-refractivity contribution is 7.80. The van der Waals surface area contributed by atoms with Gasteiger partial charge in [0.25, 0.3) is 0 Å². The molecular weight excluding hydrogens is 385 g/mol. The van der Waals surface area contributed by atoms with E-state index >= 15 is 0 Å². The zero-order valence-electron chi connectivity index (χ0n) is 14.3. The van der Waals surface area contributed by atoms with E-state index in [1.54, 1.807) is 0 Å². The number of nitrogen functional groups attached to an aromatic ring is 1.